The van der Waals surface area contributed by atoms with E-state index in [0.29, 0.717) is 28.8 Å². The lowest BCUT2D eigenvalue weighted by molar-refractivity contribution is -0.113. The summed E-state index contributed by atoms with van der Waals surface area (Å²) in [5, 5.41) is 13.6. The number of rotatable bonds is 12. The first-order chi connectivity index (χ1) is 16.5. The fourth-order valence-electron chi connectivity index (χ4n) is 3.64. The van der Waals surface area contributed by atoms with Gasteiger partial charge in [0.2, 0.25) is 5.91 Å². The summed E-state index contributed by atoms with van der Waals surface area (Å²) in [6.45, 7) is 7.47. The second-order valence-electron chi connectivity index (χ2n) is 7.67. The van der Waals surface area contributed by atoms with Crippen LogP contribution >= 0.6 is 35.0 Å². The zero-order valence-corrected chi connectivity index (χ0v) is 22.1. The molecule has 0 bridgehead atoms. The number of carbonyl (C=O) groups excluding carboxylic acids is 1. The summed E-state index contributed by atoms with van der Waals surface area (Å²) in [5.41, 5.74) is 3.24. The van der Waals surface area contributed by atoms with Gasteiger partial charge in [-0.25, -0.2) is 0 Å². The van der Waals surface area contributed by atoms with Gasteiger partial charge in [0.05, 0.1) is 17.4 Å². The Hall–Kier alpha value is -2.22. The van der Waals surface area contributed by atoms with Gasteiger partial charge < -0.3 is 14.6 Å². The summed E-state index contributed by atoms with van der Waals surface area (Å²) in [6, 6.07) is 11.3. The van der Waals surface area contributed by atoms with E-state index >= 15 is 0 Å². The number of thioether (sulfide) groups is 1. The number of nitrogens with zero attached hydrogens (tertiary/aromatic N) is 3. The normalized spacial score (nSPS) is 11.0. The van der Waals surface area contributed by atoms with E-state index in [1.807, 2.05) is 17.6 Å². The van der Waals surface area contributed by atoms with Gasteiger partial charge in [0.1, 0.15) is 11.6 Å². The van der Waals surface area contributed by atoms with Crippen molar-refractivity contribution in [3.05, 3.63) is 63.4 Å². The van der Waals surface area contributed by atoms with Gasteiger partial charge in [-0.1, -0.05) is 67.0 Å². The summed E-state index contributed by atoms with van der Waals surface area (Å²) in [5.74, 6) is 1.72. The fourth-order valence-corrected chi connectivity index (χ4v) is 4.93. The third-order valence-corrected chi connectivity index (χ3v) is 6.90. The maximum absolute atomic E-state index is 12.7. The van der Waals surface area contributed by atoms with Crippen LogP contribution in [0.4, 0.5) is 5.69 Å². The van der Waals surface area contributed by atoms with E-state index in [1.54, 1.807) is 18.2 Å². The van der Waals surface area contributed by atoms with Crippen molar-refractivity contribution in [1.29, 1.82) is 0 Å². The maximum Gasteiger partial charge on any atom is 0.234 e. The molecule has 0 saturated carbocycles. The lowest BCUT2D eigenvalue weighted by atomic mass is 10.0. The van der Waals surface area contributed by atoms with Crippen LogP contribution in [0.15, 0.2) is 41.6 Å². The molecule has 0 aliphatic carbocycles. The first kappa shape index (κ1) is 26.4. The van der Waals surface area contributed by atoms with Gasteiger partial charge in [0, 0.05) is 23.7 Å². The Morgan fingerprint density at radius 2 is 1.82 bits per heavy atom. The van der Waals surface area contributed by atoms with Gasteiger partial charge >= 0.3 is 0 Å². The predicted molar refractivity (Wildman–Crippen MR) is 141 cm³/mol. The molecule has 0 atom stereocenters. The van der Waals surface area contributed by atoms with Crippen molar-refractivity contribution in [2.45, 2.75) is 58.2 Å². The molecule has 0 aliphatic heterocycles. The number of benzene rings is 2. The molecule has 1 aromatic heterocycles. The van der Waals surface area contributed by atoms with E-state index in [1.165, 1.54) is 11.8 Å². The zero-order valence-electron chi connectivity index (χ0n) is 19.7. The van der Waals surface area contributed by atoms with E-state index in [4.69, 9.17) is 27.9 Å². The summed E-state index contributed by atoms with van der Waals surface area (Å²) in [4.78, 5) is 12.7. The molecule has 2 aromatic carbocycles. The highest BCUT2D eigenvalue weighted by molar-refractivity contribution is 7.99. The van der Waals surface area contributed by atoms with Gasteiger partial charge in [0.15, 0.2) is 5.16 Å². The molecule has 9 heteroatoms. The Bertz CT molecular complexity index is 1100. The van der Waals surface area contributed by atoms with Gasteiger partial charge in [0.25, 0.3) is 0 Å². The van der Waals surface area contributed by atoms with Crippen molar-refractivity contribution < 1.29 is 9.53 Å². The van der Waals surface area contributed by atoms with Crippen LogP contribution < -0.4 is 10.1 Å². The molecular formula is C25H30Cl2N4O2S. The Labute approximate surface area is 215 Å². The van der Waals surface area contributed by atoms with Crippen LogP contribution in [0.25, 0.3) is 0 Å². The number of para-hydroxylation sites is 1. The van der Waals surface area contributed by atoms with Crippen molar-refractivity contribution in [3.63, 3.8) is 0 Å². The van der Waals surface area contributed by atoms with Gasteiger partial charge in [-0.3, -0.25) is 4.79 Å². The Kier molecular flexibility index (Phi) is 10.1. The minimum atomic E-state index is -0.0407. The second-order valence-corrected chi connectivity index (χ2v) is 9.45. The van der Waals surface area contributed by atoms with Gasteiger partial charge in [-0.15, -0.1) is 10.2 Å². The Morgan fingerprint density at radius 3 is 2.47 bits per heavy atom. The van der Waals surface area contributed by atoms with Crippen LogP contribution in [0.5, 0.6) is 5.75 Å². The number of anilines is 1. The average molecular weight is 522 g/mol. The number of amides is 1. The lowest BCUT2D eigenvalue weighted by Crippen LogP contribution is -2.17. The van der Waals surface area contributed by atoms with Crippen LogP contribution in [0.2, 0.25) is 10.0 Å². The van der Waals surface area contributed by atoms with Crippen LogP contribution in [0, 0.1) is 0 Å². The van der Waals surface area contributed by atoms with Crippen molar-refractivity contribution >= 4 is 46.6 Å². The minimum absolute atomic E-state index is 0.0407. The third-order valence-electron chi connectivity index (χ3n) is 5.40. The molecule has 0 spiro atoms. The lowest BCUT2D eigenvalue weighted by Gasteiger charge is -2.14. The molecule has 3 aromatic rings. The third kappa shape index (κ3) is 6.90. The Morgan fingerprint density at radius 1 is 1.09 bits per heavy atom. The van der Waals surface area contributed by atoms with Crippen LogP contribution in [-0.2, 0) is 30.6 Å². The standard InChI is InChI=1S/C25H30Cl2N4O2S/c1-4-17-9-7-10-18(5-2)24(17)28-23(32)16-34-25-30-29-22(31(25)6-3)11-8-14-33-21-13-12-19(26)15-20(21)27/h7,9-10,12-13,15H,4-6,8,11,14,16H2,1-3H3,(H,28,32). The number of ether oxygens (including phenoxy) is 1. The highest BCUT2D eigenvalue weighted by atomic mass is 35.5. The molecular weight excluding hydrogens is 491 g/mol. The zero-order chi connectivity index (χ0) is 24.5. The van der Waals surface area contributed by atoms with Crippen molar-refractivity contribution in [1.82, 2.24) is 14.8 Å². The highest BCUT2D eigenvalue weighted by Gasteiger charge is 2.15. The molecule has 0 aliphatic rings. The quantitative estimate of drug-likeness (QED) is 0.219. The van der Waals surface area contributed by atoms with Crippen LogP contribution in [-0.4, -0.2) is 33.0 Å². The van der Waals surface area contributed by atoms with E-state index < -0.39 is 0 Å². The number of hydrogen-bond donors (Lipinski definition) is 1. The number of nitrogens with one attached hydrogen (secondary N) is 1. The SMILES string of the molecule is CCc1cccc(CC)c1NC(=O)CSc1nnc(CCCOc2ccc(Cl)cc2Cl)n1CC. The van der Waals surface area contributed by atoms with E-state index in [2.05, 4.69) is 41.5 Å². The van der Waals surface area contributed by atoms with Gasteiger partial charge in [-0.2, -0.15) is 0 Å². The molecule has 0 radical (unpaired) electrons. The number of halogens is 2. The van der Waals surface area contributed by atoms with Crippen LogP contribution in [0.1, 0.15) is 44.1 Å². The van der Waals surface area contributed by atoms with Gasteiger partial charge in [-0.05, 0) is 55.5 Å². The molecule has 0 saturated heterocycles. The van der Waals surface area contributed by atoms with Crippen molar-refractivity contribution in [2.75, 3.05) is 17.7 Å². The number of hydrogen-bond acceptors (Lipinski definition) is 5. The molecule has 6 nitrogen and oxygen atoms in total. The first-order valence-electron chi connectivity index (χ1n) is 11.5. The average Bonchev–Trinajstić information content (AvgIpc) is 3.23. The molecule has 3 rings (SSSR count). The predicted octanol–water partition coefficient (Wildman–Crippen LogP) is 6.47. The number of aryl methyl sites for hydroxylation is 3. The summed E-state index contributed by atoms with van der Waals surface area (Å²) >= 11 is 13.5. The van der Waals surface area contributed by atoms with Crippen LogP contribution in [0.3, 0.4) is 0 Å². The number of aromatic nitrogens is 3. The molecule has 34 heavy (non-hydrogen) atoms. The molecule has 1 N–H and O–H groups in total. The van der Waals surface area contributed by atoms with E-state index in [0.717, 1.165) is 53.6 Å². The fraction of sp³-hybridized carbons (Fsp3) is 0.400. The summed E-state index contributed by atoms with van der Waals surface area (Å²) < 4.78 is 7.81. The van der Waals surface area contributed by atoms with E-state index in [9.17, 15) is 4.79 Å². The van der Waals surface area contributed by atoms with E-state index in [-0.39, 0.29) is 11.7 Å². The first-order valence-corrected chi connectivity index (χ1v) is 13.2. The number of carbonyl (C=O) groups is 1. The topological polar surface area (TPSA) is 69.0 Å². The highest BCUT2D eigenvalue weighted by Crippen LogP contribution is 2.28. The summed E-state index contributed by atoms with van der Waals surface area (Å²) in [7, 11) is 0. The monoisotopic (exact) mass is 520 g/mol. The minimum Gasteiger partial charge on any atom is -0.492 e. The van der Waals surface area contributed by atoms with Crippen molar-refractivity contribution in [2.24, 2.45) is 0 Å². The molecule has 1 amide bonds. The maximum atomic E-state index is 12.7. The largest absolute Gasteiger partial charge is 0.492 e. The summed E-state index contributed by atoms with van der Waals surface area (Å²) in [6.07, 6.45) is 3.22. The van der Waals surface area contributed by atoms with Crippen molar-refractivity contribution in [3.8, 4) is 5.75 Å². The molecule has 0 unspecified atom stereocenters. The molecule has 1 heterocycles. The molecule has 182 valence electrons. The molecule has 0 fully saturated rings. The second kappa shape index (κ2) is 13.0. The Balaban J connectivity index is 1.53. The smallest absolute Gasteiger partial charge is 0.234 e.